The number of carbonyl (C=O) groups excluding carboxylic acids is 4. The molecule has 8 atom stereocenters. The molecule has 0 saturated carbocycles. The van der Waals surface area contributed by atoms with Gasteiger partial charge in [0.25, 0.3) is 0 Å². The van der Waals surface area contributed by atoms with Crippen molar-refractivity contribution in [2.24, 2.45) is 17.2 Å². The van der Waals surface area contributed by atoms with Gasteiger partial charge in [0.05, 0.1) is 40.9 Å². The smallest absolute Gasteiger partial charge is 0.234 e. The molecule has 0 aromatic heterocycles. The summed E-state index contributed by atoms with van der Waals surface area (Å²) in [6.07, 6.45) is 18.8. The highest BCUT2D eigenvalue weighted by molar-refractivity contribution is 8.77. The molecule has 0 bridgehead atoms. The molecule has 0 aromatic rings. The van der Waals surface area contributed by atoms with Crippen LogP contribution in [-0.2, 0) is 23.9 Å². The molecule has 66 heavy (non-hydrogen) atoms. The summed E-state index contributed by atoms with van der Waals surface area (Å²) in [7, 11) is 3.59. The zero-order chi connectivity index (χ0) is 51.3. The molecular formula is C45H98N8O5S8. The summed E-state index contributed by atoms with van der Waals surface area (Å²) < 4.78 is 5.41. The lowest BCUT2D eigenvalue weighted by molar-refractivity contribution is -0.121. The molecule has 11 N–H and O–H groups in total. The monoisotopic (exact) mass is 1090 g/mol. The van der Waals surface area contributed by atoms with Gasteiger partial charge in [0.2, 0.25) is 17.7 Å². The molecular weight excluding hydrogens is 989 g/mol. The van der Waals surface area contributed by atoms with E-state index in [1.165, 1.54) is 6.42 Å². The summed E-state index contributed by atoms with van der Waals surface area (Å²) in [5, 5.41) is 17.4. The maximum absolute atomic E-state index is 11.6. The predicted octanol–water partition coefficient (Wildman–Crippen LogP) is 7.05. The van der Waals surface area contributed by atoms with Crippen LogP contribution in [0.3, 0.4) is 0 Å². The number of nitrogens with one attached hydrogen (secondary N) is 5. The molecule has 0 spiro atoms. The molecule has 13 nitrogen and oxygen atoms in total. The molecule has 1 saturated heterocycles. The molecule has 3 amide bonds. The molecule has 0 radical (unpaired) electrons. The Balaban J connectivity index is -0.000000364. The second-order valence-electron chi connectivity index (χ2n) is 15.5. The van der Waals surface area contributed by atoms with E-state index in [0.717, 1.165) is 71.5 Å². The van der Waals surface area contributed by atoms with E-state index in [-0.39, 0.29) is 45.4 Å². The van der Waals surface area contributed by atoms with Gasteiger partial charge in [-0.1, -0.05) is 70.1 Å². The summed E-state index contributed by atoms with van der Waals surface area (Å²) >= 11 is 10.1. The van der Waals surface area contributed by atoms with Gasteiger partial charge in [-0.25, -0.2) is 0 Å². The van der Waals surface area contributed by atoms with Crippen molar-refractivity contribution in [3.05, 3.63) is 0 Å². The Morgan fingerprint density at radius 2 is 1.05 bits per heavy atom. The van der Waals surface area contributed by atoms with Crippen LogP contribution in [0, 0.1) is 0 Å². The first-order chi connectivity index (χ1) is 31.5. The van der Waals surface area contributed by atoms with Gasteiger partial charge in [0.1, 0.15) is 5.78 Å². The second kappa shape index (κ2) is 52.0. The zero-order valence-electron chi connectivity index (χ0n) is 43.6. The quantitative estimate of drug-likeness (QED) is 0.0193. The van der Waals surface area contributed by atoms with E-state index in [4.69, 9.17) is 21.9 Å². The number of hydrogen-bond acceptors (Lipinski definition) is 18. The zero-order valence-corrected chi connectivity index (χ0v) is 50.2. The van der Waals surface area contributed by atoms with Crippen molar-refractivity contribution in [3.8, 4) is 0 Å². The number of hydrogen-bond donors (Lipinski definition) is 8. The summed E-state index contributed by atoms with van der Waals surface area (Å²) in [6, 6.07) is 1.11. The summed E-state index contributed by atoms with van der Waals surface area (Å²) in [5.41, 5.74) is 16.4. The van der Waals surface area contributed by atoms with E-state index >= 15 is 0 Å². The van der Waals surface area contributed by atoms with E-state index < -0.39 is 0 Å². The lowest BCUT2D eigenvalue weighted by atomic mass is 10.1. The summed E-state index contributed by atoms with van der Waals surface area (Å²) in [5.74, 6) is 0.756. The fourth-order valence-corrected chi connectivity index (χ4v) is 13.4. The normalized spacial score (nSPS) is 16.8. The molecule has 21 heteroatoms. The number of ether oxygens (including phenoxy) is 1. The third-order valence-corrected chi connectivity index (χ3v) is 19.3. The molecule has 1 aliphatic rings. The molecule has 1 fully saturated rings. The van der Waals surface area contributed by atoms with Crippen molar-refractivity contribution in [1.82, 2.24) is 26.6 Å². The maximum Gasteiger partial charge on any atom is 0.234 e. The minimum atomic E-state index is -0.0421. The Hall–Kier alpha value is 0.640. The fraction of sp³-hybridized carbons (Fsp3) is 0.911. The Bertz CT molecular complexity index is 1090. The summed E-state index contributed by atoms with van der Waals surface area (Å²) in [4.78, 5) is 45.9. The molecule has 396 valence electrons. The first-order valence-corrected chi connectivity index (χ1v) is 33.5. The van der Waals surface area contributed by atoms with Crippen molar-refractivity contribution in [2.75, 3.05) is 96.7 Å². The van der Waals surface area contributed by atoms with Crippen LogP contribution in [0.2, 0.25) is 0 Å². The molecule has 1 rings (SSSR count). The fourth-order valence-electron chi connectivity index (χ4n) is 5.51. The molecule has 1 aliphatic heterocycles. The first-order valence-electron chi connectivity index (χ1n) is 23.5. The largest absolute Gasteiger partial charge is 0.379 e. The van der Waals surface area contributed by atoms with E-state index in [2.05, 4.69) is 74.4 Å². The number of ketones is 1. The van der Waals surface area contributed by atoms with Crippen LogP contribution in [0.25, 0.3) is 0 Å². The molecule has 1 heterocycles. The van der Waals surface area contributed by atoms with Crippen molar-refractivity contribution in [1.29, 1.82) is 0 Å². The van der Waals surface area contributed by atoms with Crippen LogP contribution >= 0.6 is 92.2 Å². The Labute approximate surface area is 438 Å². The van der Waals surface area contributed by atoms with Gasteiger partial charge in [0.15, 0.2) is 0 Å². The van der Waals surface area contributed by atoms with E-state index in [1.807, 2.05) is 74.6 Å². The van der Waals surface area contributed by atoms with Gasteiger partial charge >= 0.3 is 0 Å². The van der Waals surface area contributed by atoms with Gasteiger partial charge < -0.3 is 48.5 Å². The van der Waals surface area contributed by atoms with Crippen LogP contribution in [0.4, 0.5) is 0 Å². The highest BCUT2D eigenvalue weighted by Crippen LogP contribution is 2.44. The van der Waals surface area contributed by atoms with Crippen LogP contribution in [-0.4, -0.2) is 174 Å². The lowest BCUT2D eigenvalue weighted by Gasteiger charge is -2.18. The number of thioether (sulfide) groups is 6. The predicted molar refractivity (Wildman–Crippen MR) is 311 cm³/mol. The number of amides is 3. The average Bonchev–Trinajstić information content (AvgIpc) is 3.81. The number of nitrogens with two attached hydrogens (primary N) is 3. The highest BCUT2D eigenvalue weighted by atomic mass is 33.1. The van der Waals surface area contributed by atoms with Gasteiger partial charge in [0, 0.05) is 78.8 Å². The van der Waals surface area contributed by atoms with E-state index in [9.17, 15) is 19.2 Å². The minimum Gasteiger partial charge on any atom is -0.379 e. The topological polar surface area (TPSA) is 216 Å². The van der Waals surface area contributed by atoms with Crippen LogP contribution in [0.5, 0.6) is 0 Å². The number of carbonyl (C=O) groups is 4. The minimum absolute atomic E-state index is 0.00694. The van der Waals surface area contributed by atoms with Crippen LogP contribution in [0.15, 0.2) is 0 Å². The Morgan fingerprint density at radius 3 is 1.38 bits per heavy atom. The van der Waals surface area contributed by atoms with Crippen LogP contribution < -0.4 is 43.8 Å². The maximum atomic E-state index is 11.6. The van der Waals surface area contributed by atoms with Crippen molar-refractivity contribution in [3.63, 3.8) is 0 Å². The standard InChI is InChI=1S/C10H24N2O.C10H21NOS2.C9H19NOS2.C8H19N3OS2.C8H15NOS2/c1-9(2)11-5-7-13-8-6-12-10(3)4;1-5-8(13-3)7-9(14-4)10(12)11-6-2;1-4-8(11)9(13-3)5-7(6-10)12-2;1-13-6(4-9)3-7(14-2)8(12)11-5-10;1-3-6-5-7(12-11-6)8(10)9-4-2/h9-12H,5-8H2,1-4H3;8-9H,5-7H2,1-4H3,(H,11,12);7,9H,4-6,10H2,1-3H3;6-7H,3-5,9-10H2,1-2H3,(H,11,12);6-7H,3-5H2,1-2H3,(H,9,10). The SMILES string of the molecule is CC(C)NCCOCCNC(C)C.CCC(=O)C(CC(CN)SC)SC.CCNC(=O)C(CC(CC)SC)SC.CCNC(=O)C1CC(CC)SS1.CSC(CN)CC(SC)C(=O)NCN. The second-order valence-corrected chi connectivity index (χ2v) is 24.8. The summed E-state index contributed by atoms with van der Waals surface area (Å²) in [6.45, 7) is 25.2. The third kappa shape index (κ3) is 42.3. The first kappa shape index (κ1) is 73.2. The molecule has 0 aromatic carbocycles. The van der Waals surface area contributed by atoms with Crippen molar-refractivity contribution >= 4 is 116 Å². The van der Waals surface area contributed by atoms with Gasteiger partial charge in [-0.2, -0.15) is 70.6 Å². The number of rotatable bonds is 32. The molecule has 8 unspecified atom stereocenters. The van der Waals surface area contributed by atoms with Crippen LogP contribution in [0.1, 0.15) is 107 Å². The van der Waals surface area contributed by atoms with Gasteiger partial charge in [-0.05, 0) is 89.9 Å². The third-order valence-electron chi connectivity index (χ3n) is 9.67. The van der Waals surface area contributed by atoms with Gasteiger partial charge in [-0.15, -0.1) is 0 Å². The Morgan fingerprint density at radius 1 is 0.606 bits per heavy atom. The molecule has 0 aliphatic carbocycles. The highest BCUT2D eigenvalue weighted by Gasteiger charge is 2.30. The van der Waals surface area contributed by atoms with Gasteiger partial charge in [-0.3, -0.25) is 19.2 Å². The van der Waals surface area contributed by atoms with Crippen molar-refractivity contribution < 1.29 is 23.9 Å². The lowest BCUT2D eigenvalue weighted by Crippen LogP contribution is -2.38. The average molecular weight is 1090 g/mol. The van der Waals surface area contributed by atoms with Crippen molar-refractivity contribution in [2.45, 2.75) is 161 Å². The number of Topliss-reactive ketones (excluding diaryl/α,β-unsaturated/α-hetero) is 1. The Kier molecular flexibility index (Phi) is 57.6. The van der Waals surface area contributed by atoms with E-state index in [1.54, 1.807) is 69.6 Å². The van der Waals surface area contributed by atoms with E-state index in [0.29, 0.717) is 58.4 Å².